The van der Waals surface area contributed by atoms with E-state index in [0.29, 0.717) is 71.0 Å². The topological polar surface area (TPSA) is 352 Å². The molecular weight excluding hydrogens is 1340 g/mol. The Morgan fingerprint density at radius 2 is 0.752 bits per heavy atom. The molecule has 4 saturated carbocycles. The van der Waals surface area contributed by atoms with Crippen LogP contribution in [0.25, 0.3) is 44.9 Å². The summed E-state index contributed by atoms with van der Waals surface area (Å²) in [6.07, 6.45) is 18.2. The van der Waals surface area contributed by atoms with E-state index >= 15 is 0 Å². The molecule has 7 N–H and O–H groups in total. The van der Waals surface area contributed by atoms with Crippen molar-refractivity contribution in [3.05, 3.63) is 202 Å². The molecule has 5 aliphatic carbocycles. The molecular formula is C76H76CoN8O16-4. The van der Waals surface area contributed by atoms with Crippen molar-refractivity contribution >= 4 is 98.3 Å². The molecule has 0 saturated heterocycles. The van der Waals surface area contributed by atoms with Crippen molar-refractivity contribution in [3.8, 4) is 23.0 Å². The van der Waals surface area contributed by atoms with Crippen LogP contribution in [0.2, 0.25) is 0 Å². The molecule has 8 atom stereocenters. The summed E-state index contributed by atoms with van der Waals surface area (Å²) >= 11 is 0. The average Bonchev–Trinajstić information content (AvgIpc) is 1.44. The molecule has 9 aliphatic rings. The maximum atomic E-state index is 14.5. The first-order valence-corrected chi connectivity index (χ1v) is 33.0. The molecule has 4 aromatic carbocycles. The molecule has 8 unspecified atom stereocenters. The first kappa shape index (κ1) is 72.8. The molecule has 25 heteroatoms. The summed E-state index contributed by atoms with van der Waals surface area (Å²) in [5.41, 5.74) is 30.1. The zero-order valence-electron chi connectivity index (χ0n) is 55.9. The number of hydrogen-bond acceptors (Lipinski definition) is 16. The number of carbonyl (C=O) groups excluding carboxylic acids is 8. The predicted molar refractivity (Wildman–Crippen MR) is 376 cm³/mol. The Morgan fingerprint density at radius 1 is 0.406 bits per heavy atom. The van der Waals surface area contributed by atoms with Crippen molar-refractivity contribution in [2.75, 3.05) is 76.1 Å². The first-order chi connectivity index (χ1) is 48.4. The SMILES string of the molecule is COc1cccc(OC)c1C1=C\C=C/C(=[N-])/C2=C([NH-])/C=C\C=C(/c3c(OC)cccc3OC)C/C=C\C([NH-])=C(\C([NH-])=C\C=C\1)c1c3cccc1NC(=O)C1CC1C(=O)OCCCCOC(=O)C1CC1C(=O)Nc1cccc(c12)NC(=O)C1CC1C(=O)OCCCCOC(=O)C1CC1C(=O)N3.[Co]. The molecule has 0 spiro atoms. The van der Waals surface area contributed by atoms with Crippen molar-refractivity contribution in [2.24, 2.45) is 47.3 Å². The molecule has 4 heterocycles. The second-order valence-electron chi connectivity index (χ2n) is 24.9. The molecule has 529 valence electrons. The third-order valence-corrected chi connectivity index (χ3v) is 18.2. The predicted octanol–water partition coefficient (Wildman–Crippen LogP) is 12.7. The zero-order valence-corrected chi connectivity index (χ0v) is 56.9. The van der Waals surface area contributed by atoms with E-state index in [9.17, 15) is 61.0 Å². The van der Waals surface area contributed by atoms with Crippen LogP contribution in [0.15, 0.2) is 157 Å². The van der Waals surface area contributed by atoms with Gasteiger partial charge < -0.3 is 81.8 Å². The quantitative estimate of drug-likeness (QED) is 0.103. The van der Waals surface area contributed by atoms with Gasteiger partial charge in [-0.3, -0.25) is 38.4 Å². The minimum Gasteiger partial charge on any atom is -0.803 e. The van der Waals surface area contributed by atoms with Crippen molar-refractivity contribution in [2.45, 2.75) is 57.8 Å². The van der Waals surface area contributed by atoms with E-state index in [2.05, 4.69) is 21.3 Å². The van der Waals surface area contributed by atoms with Crippen LogP contribution < -0.4 is 40.2 Å². The van der Waals surface area contributed by atoms with Crippen LogP contribution in [0.1, 0.15) is 80.0 Å². The summed E-state index contributed by atoms with van der Waals surface area (Å²) in [7, 11) is 5.87. The molecule has 1 radical (unpaired) electrons. The van der Waals surface area contributed by atoms with Crippen LogP contribution in [0.4, 0.5) is 22.7 Å². The third kappa shape index (κ3) is 17.0. The van der Waals surface area contributed by atoms with Crippen molar-refractivity contribution in [1.82, 2.24) is 0 Å². The van der Waals surface area contributed by atoms with Gasteiger partial charge >= 0.3 is 23.9 Å². The average molecular weight is 1420 g/mol. The van der Waals surface area contributed by atoms with E-state index in [-0.39, 0.29) is 137 Å². The summed E-state index contributed by atoms with van der Waals surface area (Å²) in [6.45, 7) is -0.227. The minimum absolute atomic E-state index is 0. The van der Waals surface area contributed by atoms with Gasteiger partial charge in [0, 0.05) is 27.9 Å². The fourth-order valence-electron chi connectivity index (χ4n) is 12.5. The number of benzene rings is 4. The molecule has 4 aromatic rings. The number of amides is 4. The number of methoxy groups -OCH3 is 4. The van der Waals surface area contributed by atoms with E-state index in [1.54, 1.807) is 72.8 Å². The second kappa shape index (κ2) is 32.8. The molecule has 24 nitrogen and oxygen atoms in total. The number of esters is 4. The monoisotopic (exact) mass is 1420 g/mol. The number of rotatable bonds is 6. The van der Waals surface area contributed by atoms with Crippen LogP contribution in [0, 0.1) is 47.3 Å². The molecule has 0 aromatic heterocycles. The molecule has 13 rings (SSSR count). The van der Waals surface area contributed by atoms with Gasteiger partial charge in [0.1, 0.15) is 23.0 Å². The smallest absolute Gasteiger partial charge is 0.309 e. The summed E-state index contributed by atoms with van der Waals surface area (Å²) in [6, 6.07) is 19.5. The van der Waals surface area contributed by atoms with Crippen LogP contribution in [0.3, 0.4) is 0 Å². The van der Waals surface area contributed by atoms with Crippen LogP contribution in [-0.2, 0) is 74.1 Å². The van der Waals surface area contributed by atoms with Gasteiger partial charge in [-0.2, -0.15) is 5.71 Å². The molecule has 4 aliphatic heterocycles. The van der Waals surface area contributed by atoms with E-state index in [1.807, 2.05) is 0 Å². The largest absolute Gasteiger partial charge is 0.803 e. The van der Waals surface area contributed by atoms with Crippen molar-refractivity contribution in [3.63, 3.8) is 0 Å². The van der Waals surface area contributed by atoms with Gasteiger partial charge in [-0.1, -0.05) is 91.1 Å². The Balaban J connectivity index is 0.0000110. The van der Waals surface area contributed by atoms with Crippen molar-refractivity contribution < 1.29 is 93.0 Å². The number of hydrogen-bond donors (Lipinski definition) is 4. The summed E-state index contributed by atoms with van der Waals surface area (Å²) < 4.78 is 46.0. The maximum absolute atomic E-state index is 14.5. The van der Waals surface area contributed by atoms with Crippen molar-refractivity contribution in [1.29, 1.82) is 0 Å². The normalized spacial score (nSPS) is 28.4. The number of fused-ring (bicyclic) bond motifs is 18. The van der Waals surface area contributed by atoms with Gasteiger partial charge in [0.15, 0.2) is 0 Å². The fourth-order valence-corrected chi connectivity index (χ4v) is 12.5. The number of allylic oxidation sites excluding steroid dienone is 15. The van der Waals surface area contributed by atoms with Gasteiger partial charge in [-0.05, 0) is 129 Å². The second-order valence-corrected chi connectivity index (χ2v) is 24.9. The molecule has 101 heavy (non-hydrogen) atoms. The standard InChI is InChI=1S/C76H80N8O16.Co/c1-93-59-29-15-30-60(94-2)63(59)41-17-9-21-51(77)65-53(79)23-11-19-42(64-61(95-3)31-16-32-62(64)96-4)20-12-24-54(80)66(52(78)22-10-18-41)68-56-26-14-28-58(68)84-72(88)46-40-50(46)76(92)100-36-8-7-35-99-75(91)49-39-45(49)71(87)83-57-27-13-25-55(67(57)65)81-69(85)43-37-47(43)73(89)97-33-5-6-34-98-74(90)48-38-44(48)70(86)82-56;/h9-19,21-32,43-50H,5-8,20,33-40H2,1-4H3,(H11,77,78,79,80,81,82,83,84,85,86,87,88);/p-4/b23-11-,24-12-,42-19-;. The number of nitrogens with zero attached hydrogens (tertiary/aromatic N) is 1. The summed E-state index contributed by atoms with van der Waals surface area (Å²) in [4.78, 5) is 112. The Kier molecular flexibility index (Phi) is 23.7. The van der Waals surface area contributed by atoms with E-state index in [4.69, 9.17) is 37.9 Å². The molecule has 4 bridgehead atoms. The van der Waals surface area contributed by atoms with E-state index in [0.717, 1.165) is 0 Å². The molecule has 4 amide bonds. The number of ether oxygens (including phenoxy) is 8. The first-order valence-electron chi connectivity index (χ1n) is 33.0. The summed E-state index contributed by atoms with van der Waals surface area (Å²) in [5.74, 6) is -10.3. The van der Waals surface area contributed by atoms with Gasteiger partial charge in [0.05, 0.1) is 136 Å². The Labute approximate surface area is 594 Å². The maximum Gasteiger partial charge on any atom is 0.309 e. The Hall–Kier alpha value is -10.9. The van der Waals surface area contributed by atoms with Gasteiger partial charge in [0.25, 0.3) is 0 Å². The molecule has 4 fully saturated rings. The minimum atomic E-state index is -0.878. The zero-order chi connectivity index (χ0) is 70.7. The Morgan fingerprint density at radius 3 is 1.15 bits per heavy atom. The Bertz CT molecular complexity index is 4100. The summed E-state index contributed by atoms with van der Waals surface area (Å²) in [5, 5.41) is 24.6. The van der Waals surface area contributed by atoms with Crippen LogP contribution in [-0.4, -0.2) is 108 Å². The van der Waals surface area contributed by atoms with Gasteiger partial charge in [-0.15, -0.1) is 17.1 Å². The van der Waals surface area contributed by atoms with Crippen LogP contribution >= 0.6 is 0 Å². The van der Waals surface area contributed by atoms with E-state index in [1.165, 1.54) is 95.2 Å². The fraction of sp³-hybridized carbons (Fsp3) is 0.329. The van der Waals surface area contributed by atoms with E-state index < -0.39 is 101 Å². The number of anilines is 4. The number of carbonyl (C=O) groups is 8. The third-order valence-electron chi connectivity index (χ3n) is 18.2. The van der Waals surface area contributed by atoms with Crippen LogP contribution in [0.5, 0.6) is 23.0 Å². The number of nitrogens with one attached hydrogen (secondary N) is 7. The van der Waals surface area contributed by atoms with Gasteiger partial charge in [0.2, 0.25) is 23.6 Å². The van der Waals surface area contributed by atoms with Gasteiger partial charge in [-0.25, -0.2) is 0 Å².